The molecule has 8 nitrogen and oxygen atoms in total. The van der Waals surface area contributed by atoms with E-state index in [1.165, 1.54) is 13.1 Å². The molecule has 0 radical (unpaired) electrons. The number of alkyl halides is 1. The summed E-state index contributed by atoms with van der Waals surface area (Å²) in [6.45, 7) is -0.0263. The summed E-state index contributed by atoms with van der Waals surface area (Å²) in [5.74, 6) is 0. The van der Waals surface area contributed by atoms with E-state index < -0.39 is 49.1 Å². The van der Waals surface area contributed by atoms with Crippen molar-refractivity contribution in [3.63, 3.8) is 0 Å². The van der Waals surface area contributed by atoms with Crippen molar-refractivity contribution in [2.24, 2.45) is 0 Å². The lowest BCUT2D eigenvalue weighted by atomic mass is 10.1. The topological polar surface area (TPSA) is 114 Å². The van der Waals surface area contributed by atoms with Gasteiger partial charge in [0.05, 0.1) is 13.2 Å². The molecule has 9 heteroatoms. The monoisotopic (exact) mass is 304 g/mol. The highest BCUT2D eigenvalue weighted by molar-refractivity contribution is 5.03. The van der Waals surface area contributed by atoms with Crippen molar-refractivity contribution in [3.05, 3.63) is 32.6 Å². The summed E-state index contributed by atoms with van der Waals surface area (Å²) in [5, 5.41) is 19.2. The standard InChI is InChI=1S/C12H17FN2O6/c1-6-4-15(12(19)14-10(6)18)11-9(20-3-2-13)8(17)7(5-16)21-11/h4,7-9,11,16-17H,2-3,5H2,1H3,(H,14,18,19)/t7-,8?,9?,11?/m1/s1. The van der Waals surface area contributed by atoms with E-state index in [1.54, 1.807) is 0 Å². The van der Waals surface area contributed by atoms with Crippen molar-refractivity contribution in [1.82, 2.24) is 9.55 Å². The Morgan fingerprint density at radius 2 is 2.24 bits per heavy atom. The first kappa shape index (κ1) is 15.8. The zero-order chi connectivity index (χ0) is 15.6. The molecule has 3 unspecified atom stereocenters. The quantitative estimate of drug-likeness (QED) is 0.607. The first-order valence-corrected chi connectivity index (χ1v) is 6.43. The molecule has 21 heavy (non-hydrogen) atoms. The van der Waals surface area contributed by atoms with Gasteiger partial charge in [0.1, 0.15) is 25.0 Å². The predicted octanol–water partition coefficient (Wildman–Crippen LogP) is -1.55. The van der Waals surface area contributed by atoms with E-state index in [1.807, 2.05) is 0 Å². The highest BCUT2D eigenvalue weighted by Gasteiger charge is 2.45. The van der Waals surface area contributed by atoms with Gasteiger partial charge < -0.3 is 19.7 Å². The third kappa shape index (κ3) is 3.05. The fourth-order valence-corrected chi connectivity index (χ4v) is 2.23. The van der Waals surface area contributed by atoms with Crippen LogP contribution in [0.25, 0.3) is 0 Å². The highest BCUT2D eigenvalue weighted by atomic mass is 19.1. The van der Waals surface area contributed by atoms with Crippen molar-refractivity contribution >= 4 is 0 Å². The number of rotatable bonds is 5. The number of hydrogen-bond acceptors (Lipinski definition) is 6. The summed E-state index contributed by atoms with van der Waals surface area (Å²) in [6, 6.07) is 0. The molecule has 2 heterocycles. The van der Waals surface area contributed by atoms with Gasteiger partial charge >= 0.3 is 5.69 Å². The Bertz CT molecular complexity index is 600. The van der Waals surface area contributed by atoms with Crippen LogP contribution < -0.4 is 11.2 Å². The Morgan fingerprint density at radius 1 is 1.52 bits per heavy atom. The molecule has 1 aromatic heterocycles. The molecular formula is C12H17FN2O6. The molecule has 0 amide bonds. The Morgan fingerprint density at radius 3 is 2.86 bits per heavy atom. The number of halogens is 1. The molecule has 1 aromatic rings. The normalized spacial score (nSPS) is 29.0. The maximum atomic E-state index is 12.3. The fourth-order valence-electron chi connectivity index (χ4n) is 2.23. The van der Waals surface area contributed by atoms with E-state index in [-0.39, 0.29) is 12.2 Å². The van der Waals surface area contributed by atoms with Gasteiger partial charge in [-0.15, -0.1) is 0 Å². The number of nitrogens with zero attached hydrogens (tertiary/aromatic N) is 1. The van der Waals surface area contributed by atoms with E-state index in [4.69, 9.17) is 14.6 Å². The Kier molecular flexibility index (Phi) is 4.88. The molecular weight excluding hydrogens is 287 g/mol. The molecule has 1 saturated heterocycles. The molecule has 1 aliphatic rings. The smallest absolute Gasteiger partial charge is 0.330 e. The van der Waals surface area contributed by atoms with Crippen molar-refractivity contribution < 1.29 is 24.1 Å². The van der Waals surface area contributed by atoms with Crippen LogP contribution in [0, 0.1) is 6.92 Å². The van der Waals surface area contributed by atoms with Crippen LogP contribution in [0.1, 0.15) is 11.8 Å². The summed E-state index contributed by atoms with van der Waals surface area (Å²) < 4.78 is 23.9. The SMILES string of the molecule is Cc1cn(C2O[C@H](CO)C(O)C2OCCF)c(=O)[nH]c1=O. The third-order valence-corrected chi connectivity index (χ3v) is 3.30. The molecule has 0 aliphatic carbocycles. The minimum absolute atomic E-state index is 0.268. The van der Waals surface area contributed by atoms with Gasteiger partial charge in [-0.2, -0.15) is 0 Å². The summed E-state index contributed by atoms with van der Waals surface area (Å²) in [5.41, 5.74) is -1.01. The second-order valence-electron chi connectivity index (χ2n) is 4.74. The second kappa shape index (κ2) is 6.48. The number of ether oxygens (including phenoxy) is 2. The van der Waals surface area contributed by atoms with Crippen LogP contribution >= 0.6 is 0 Å². The third-order valence-electron chi connectivity index (χ3n) is 3.30. The molecule has 0 spiro atoms. The number of aromatic amines is 1. The van der Waals surface area contributed by atoms with Gasteiger partial charge in [0.15, 0.2) is 6.23 Å². The minimum Gasteiger partial charge on any atom is -0.394 e. The predicted molar refractivity (Wildman–Crippen MR) is 68.8 cm³/mol. The van der Waals surface area contributed by atoms with Gasteiger partial charge in [-0.1, -0.05) is 0 Å². The van der Waals surface area contributed by atoms with Crippen LogP contribution in [-0.4, -0.2) is 58.0 Å². The number of aliphatic hydroxyl groups is 2. The maximum Gasteiger partial charge on any atom is 0.330 e. The molecule has 118 valence electrons. The van der Waals surface area contributed by atoms with E-state index in [0.29, 0.717) is 0 Å². The summed E-state index contributed by atoms with van der Waals surface area (Å²) in [7, 11) is 0. The van der Waals surface area contributed by atoms with Crippen molar-refractivity contribution in [3.8, 4) is 0 Å². The number of H-pyrrole nitrogens is 1. The maximum absolute atomic E-state index is 12.3. The van der Waals surface area contributed by atoms with Crippen LogP contribution in [0.2, 0.25) is 0 Å². The number of nitrogens with one attached hydrogen (secondary N) is 1. The van der Waals surface area contributed by atoms with E-state index in [9.17, 15) is 19.1 Å². The molecule has 3 N–H and O–H groups in total. The largest absolute Gasteiger partial charge is 0.394 e. The second-order valence-corrected chi connectivity index (χ2v) is 4.74. The number of aromatic nitrogens is 2. The van der Waals surface area contributed by atoms with Crippen LogP contribution in [-0.2, 0) is 9.47 Å². The molecule has 1 fully saturated rings. The highest BCUT2D eigenvalue weighted by Crippen LogP contribution is 2.30. The van der Waals surface area contributed by atoms with Crippen LogP contribution in [0.5, 0.6) is 0 Å². The molecule has 0 bridgehead atoms. The van der Waals surface area contributed by atoms with Crippen molar-refractivity contribution in [2.75, 3.05) is 19.9 Å². The Labute approximate surface area is 118 Å². The molecule has 0 aromatic carbocycles. The molecule has 1 aliphatic heterocycles. The number of aryl methyl sites for hydroxylation is 1. The minimum atomic E-state index is -1.22. The van der Waals surface area contributed by atoms with Crippen LogP contribution in [0.15, 0.2) is 15.8 Å². The number of aliphatic hydroxyl groups excluding tert-OH is 2. The van der Waals surface area contributed by atoms with Gasteiger partial charge in [-0.05, 0) is 6.92 Å². The summed E-state index contributed by atoms with van der Waals surface area (Å²) >= 11 is 0. The average Bonchev–Trinajstić information content (AvgIpc) is 2.77. The number of hydrogen-bond donors (Lipinski definition) is 3. The average molecular weight is 304 g/mol. The van der Waals surface area contributed by atoms with Gasteiger partial charge in [0.25, 0.3) is 5.56 Å². The fraction of sp³-hybridized carbons (Fsp3) is 0.667. The Balaban J connectivity index is 2.37. The van der Waals surface area contributed by atoms with Gasteiger partial charge in [-0.25, -0.2) is 9.18 Å². The van der Waals surface area contributed by atoms with Crippen molar-refractivity contribution in [1.29, 1.82) is 0 Å². The lowest BCUT2D eigenvalue weighted by molar-refractivity contribution is -0.0762. The first-order valence-electron chi connectivity index (χ1n) is 6.43. The zero-order valence-electron chi connectivity index (χ0n) is 11.4. The Hall–Kier alpha value is -1.55. The van der Waals surface area contributed by atoms with Gasteiger partial charge in [-0.3, -0.25) is 14.3 Å². The first-order chi connectivity index (χ1) is 9.99. The van der Waals surface area contributed by atoms with E-state index in [0.717, 1.165) is 4.57 Å². The van der Waals surface area contributed by atoms with E-state index in [2.05, 4.69) is 4.98 Å². The lowest BCUT2D eigenvalue weighted by Crippen LogP contribution is -2.40. The van der Waals surface area contributed by atoms with Crippen LogP contribution in [0.4, 0.5) is 4.39 Å². The summed E-state index contributed by atoms with van der Waals surface area (Å²) in [4.78, 5) is 25.3. The van der Waals surface area contributed by atoms with Gasteiger partial charge in [0.2, 0.25) is 0 Å². The van der Waals surface area contributed by atoms with Gasteiger partial charge in [0, 0.05) is 11.8 Å². The molecule has 0 saturated carbocycles. The summed E-state index contributed by atoms with van der Waals surface area (Å²) in [6.07, 6.45) is -3.00. The molecule has 4 atom stereocenters. The molecule has 2 rings (SSSR count). The lowest BCUT2D eigenvalue weighted by Gasteiger charge is -2.22. The van der Waals surface area contributed by atoms with Crippen LogP contribution in [0.3, 0.4) is 0 Å². The van der Waals surface area contributed by atoms with Crippen molar-refractivity contribution in [2.45, 2.75) is 31.5 Å². The zero-order valence-corrected chi connectivity index (χ0v) is 11.4. The van der Waals surface area contributed by atoms with E-state index >= 15 is 0 Å².